The minimum atomic E-state index is -0.660. The minimum absolute atomic E-state index is 0.360. The van der Waals surface area contributed by atoms with Crippen LogP contribution in [0.2, 0.25) is 0 Å². The second-order valence-electron chi connectivity index (χ2n) is 12.4. The topological polar surface area (TPSA) is 68.8 Å². The Morgan fingerprint density at radius 2 is 1.30 bits per heavy atom. The molecule has 0 spiro atoms. The van der Waals surface area contributed by atoms with Gasteiger partial charge in [0.05, 0.1) is 11.0 Å². The van der Waals surface area contributed by atoms with Gasteiger partial charge in [-0.05, 0) is 65.9 Å². The number of furan rings is 1. The first-order valence-electron chi connectivity index (χ1n) is 16.7. The van der Waals surface area contributed by atoms with Gasteiger partial charge in [0.2, 0.25) is 0 Å². The molecule has 1 atom stereocenters. The number of amidine groups is 1. The molecule has 0 amide bonds. The Morgan fingerprint density at radius 3 is 2.06 bits per heavy atom. The molecule has 238 valence electrons. The fourth-order valence-electron chi connectivity index (χ4n) is 7.26. The Bertz CT molecular complexity index is 2720. The number of nitrogens with zero attached hydrogens (tertiary/aromatic N) is 3. The number of hydrogen-bond donors (Lipinski definition) is 1. The molecule has 2 heterocycles. The smallest absolute Gasteiger partial charge is 0.168 e. The van der Waals surface area contributed by atoms with E-state index in [1.54, 1.807) is 0 Å². The molecule has 0 aliphatic rings. The summed E-state index contributed by atoms with van der Waals surface area (Å²) < 4.78 is 8.93. The van der Waals surface area contributed by atoms with Crippen molar-refractivity contribution in [3.63, 3.8) is 0 Å². The Labute approximate surface area is 289 Å². The fourth-order valence-corrected chi connectivity index (χ4v) is 7.26. The number of benzene rings is 7. The third-order valence-electron chi connectivity index (χ3n) is 9.54. The SMILES string of the molecule is C=NC(/N=C(\N)c1ccc(-c2ccccc2)c2oc3ccc(-c4ccccc4)cc3c12)c1cccc2c3ccccc3n(-c3ccccc3)c12. The van der Waals surface area contributed by atoms with Crippen LogP contribution in [0.5, 0.6) is 0 Å². The maximum absolute atomic E-state index is 7.05. The first kappa shape index (κ1) is 29.4. The summed E-state index contributed by atoms with van der Waals surface area (Å²) in [6.07, 6.45) is -0.660. The third kappa shape index (κ3) is 4.79. The molecule has 0 saturated heterocycles. The second kappa shape index (κ2) is 12.1. The normalized spacial score (nSPS) is 12.6. The average molecular weight is 645 g/mol. The number of para-hydroxylation sites is 3. The van der Waals surface area contributed by atoms with Crippen molar-refractivity contribution in [2.24, 2.45) is 15.7 Å². The molecule has 9 rings (SSSR count). The van der Waals surface area contributed by atoms with Gasteiger partial charge < -0.3 is 14.7 Å². The van der Waals surface area contributed by atoms with Gasteiger partial charge >= 0.3 is 0 Å². The monoisotopic (exact) mass is 644 g/mol. The highest BCUT2D eigenvalue weighted by molar-refractivity contribution is 6.20. The average Bonchev–Trinajstić information content (AvgIpc) is 3.74. The molecule has 0 radical (unpaired) electrons. The quantitative estimate of drug-likeness (QED) is 0.139. The van der Waals surface area contributed by atoms with Gasteiger partial charge in [0, 0.05) is 43.9 Å². The van der Waals surface area contributed by atoms with Crippen LogP contribution < -0.4 is 5.73 Å². The van der Waals surface area contributed by atoms with E-state index in [-0.39, 0.29) is 0 Å². The second-order valence-corrected chi connectivity index (χ2v) is 12.4. The number of rotatable bonds is 7. The number of hydrogen-bond acceptors (Lipinski definition) is 3. The zero-order valence-electron chi connectivity index (χ0n) is 27.2. The van der Waals surface area contributed by atoms with Crippen LogP contribution in [0.15, 0.2) is 178 Å². The summed E-state index contributed by atoms with van der Waals surface area (Å²) in [7, 11) is 0. The highest BCUT2D eigenvalue weighted by Gasteiger charge is 2.22. The predicted octanol–water partition coefficient (Wildman–Crippen LogP) is 11.1. The molecule has 50 heavy (non-hydrogen) atoms. The van der Waals surface area contributed by atoms with E-state index in [0.717, 1.165) is 82.8 Å². The van der Waals surface area contributed by atoms with Crippen molar-refractivity contribution in [3.05, 3.63) is 175 Å². The van der Waals surface area contributed by atoms with E-state index in [2.05, 4.69) is 144 Å². The predicted molar refractivity (Wildman–Crippen MR) is 208 cm³/mol. The first-order chi connectivity index (χ1) is 24.7. The molecule has 2 N–H and O–H groups in total. The van der Waals surface area contributed by atoms with Gasteiger partial charge in [0.25, 0.3) is 0 Å². The maximum Gasteiger partial charge on any atom is 0.168 e. The maximum atomic E-state index is 7.05. The van der Waals surface area contributed by atoms with Crippen molar-refractivity contribution >= 4 is 56.3 Å². The van der Waals surface area contributed by atoms with Crippen LogP contribution in [0.25, 0.3) is 71.7 Å². The number of aromatic nitrogens is 1. The molecule has 2 aromatic heterocycles. The van der Waals surface area contributed by atoms with Crippen LogP contribution in [-0.4, -0.2) is 17.1 Å². The lowest BCUT2D eigenvalue weighted by molar-refractivity contribution is 0.670. The standard InChI is InChI=1S/C45H32N4O/c1-47-45(37-22-13-21-35-34-20-11-12-23-39(34)49(42(35)37)32-18-9-4-10-19-32)48-44(46)36-26-25-33(30-16-7-3-8-17-30)43-41(36)38-28-31(24-27-40(38)50-43)29-14-5-2-6-15-29/h2-28,45H,1H2,(H2,46,48). The van der Waals surface area contributed by atoms with E-state index in [1.165, 1.54) is 0 Å². The van der Waals surface area contributed by atoms with Crippen molar-refractivity contribution in [3.8, 4) is 27.9 Å². The Morgan fingerprint density at radius 1 is 0.620 bits per heavy atom. The number of fused-ring (bicyclic) bond motifs is 6. The van der Waals surface area contributed by atoms with Crippen molar-refractivity contribution in [1.82, 2.24) is 4.57 Å². The van der Waals surface area contributed by atoms with Crippen molar-refractivity contribution in [1.29, 1.82) is 0 Å². The van der Waals surface area contributed by atoms with Crippen LogP contribution >= 0.6 is 0 Å². The molecule has 1 unspecified atom stereocenters. The van der Waals surface area contributed by atoms with Gasteiger partial charge in [0.15, 0.2) is 6.17 Å². The van der Waals surface area contributed by atoms with Gasteiger partial charge in [-0.25, -0.2) is 4.99 Å². The molecule has 0 fully saturated rings. The van der Waals surface area contributed by atoms with Crippen LogP contribution in [0.4, 0.5) is 0 Å². The van der Waals surface area contributed by atoms with E-state index in [4.69, 9.17) is 15.1 Å². The summed E-state index contributed by atoms with van der Waals surface area (Å²) in [4.78, 5) is 9.69. The molecular weight excluding hydrogens is 613 g/mol. The van der Waals surface area contributed by atoms with Crippen LogP contribution in [-0.2, 0) is 0 Å². The Balaban J connectivity index is 1.27. The minimum Gasteiger partial charge on any atom is -0.455 e. The molecule has 5 nitrogen and oxygen atoms in total. The molecule has 7 aromatic carbocycles. The first-order valence-corrected chi connectivity index (χ1v) is 16.7. The van der Waals surface area contributed by atoms with Crippen LogP contribution in [0.1, 0.15) is 17.3 Å². The Hall–Kier alpha value is -6.72. The van der Waals surface area contributed by atoms with Gasteiger partial charge in [-0.1, -0.05) is 121 Å². The summed E-state index contributed by atoms with van der Waals surface area (Å²) in [6.45, 7) is 4.01. The molecule has 0 aliphatic heterocycles. The summed E-state index contributed by atoms with van der Waals surface area (Å²) in [5.41, 5.74) is 17.8. The van der Waals surface area contributed by atoms with E-state index >= 15 is 0 Å². The lowest BCUT2D eigenvalue weighted by Crippen LogP contribution is -2.15. The largest absolute Gasteiger partial charge is 0.455 e. The van der Waals surface area contributed by atoms with Crippen molar-refractivity contribution in [2.75, 3.05) is 0 Å². The number of nitrogens with two attached hydrogens (primary N) is 1. The summed E-state index contributed by atoms with van der Waals surface area (Å²) in [5.74, 6) is 0.360. The third-order valence-corrected chi connectivity index (χ3v) is 9.54. The van der Waals surface area contributed by atoms with Gasteiger partial charge in [-0.3, -0.25) is 4.99 Å². The van der Waals surface area contributed by atoms with Crippen LogP contribution in [0, 0.1) is 0 Å². The lowest BCUT2D eigenvalue weighted by atomic mass is 9.96. The fraction of sp³-hybridized carbons (Fsp3) is 0.0222. The van der Waals surface area contributed by atoms with Gasteiger partial charge in [-0.2, -0.15) is 0 Å². The molecule has 0 aliphatic carbocycles. The van der Waals surface area contributed by atoms with Crippen LogP contribution in [0.3, 0.4) is 0 Å². The van der Waals surface area contributed by atoms with Crippen molar-refractivity contribution in [2.45, 2.75) is 6.17 Å². The van der Waals surface area contributed by atoms with Gasteiger partial charge in [0.1, 0.15) is 17.0 Å². The molecule has 0 saturated carbocycles. The highest BCUT2D eigenvalue weighted by Crippen LogP contribution is 2.41. The van der Waals surface area contributed by atoms with E-state index in [0.29, 0.717) is 5.84 Å². The Kier molecular flexibility index (Phi) is 7.10. The van der Waals surface area contributed by atoms with Crippen molar-refractivity contribution < 1.29 is 4.42 Å². The molecule has 0 bridgehead atoms. The zero-order valence-corrected chi connectivity index (χ0v) is 27.2. The summed E-state index contributed by atoms with van der Waals surface area (Å²) in [5, 5.41) is 4.17. The van der Waals surface area contributed by atoms with Gasteiger partial charge in [-0.15, -0.1) is 0 Å². The van der Waals surface area contributed by atoms with E-state index in [9.17, 15) is 0 Å². The summed E-state index contributed by atoms with van der Waals surface area (Å²) in [6, 6.07) is 56.2. The number of aliphatic imine (C=N–C) groups is 2. The molecule has 5 heteroatoms. The zero-order chi connectivity index (χ0) is 33.6. The summed E-state index contributed by atoms with van der Waals surface area (Å²) >= 11 is 0. The molecule has 9 aromatic rings. The van der Waals surface area contributed by atoms with E-state index < -0.39 is 6.17 Å². The van der Waals surface area contributed by atoms with E-state index in [1.807, 2.05) is 36.4 Å². The highest BCUT2D eigenvalue weighted by atomic mass is 16.3. The molecular formula is C45H32N4O. The lowest BCUT2D eigenvalue weighted by Gasteiger charge is -2.15.